The largest absolute Gasteiger partial charge is 0.264 e. The Morgan fingerprint density at radius 1 is 1.67 bits per heavy atom. The number of hydrogen-bond donors (Lipinski definition) is 1. The summed E-state index contributed by atoms with van der Waals surface area (Å²) in [6, 6.07) is 0. The van der Waals surface area contributed by atoms with Gasteiger partial charge in [-0.15, -0.1) is 0 Å². The first-order valence-corrected chi connectivity index (χ1v) is 2.73. The predicted octanol–water partition coefficient (Wildman–Crippen LogP) is 1.39. The van der Waals surface area contributed by atoms with Crippen LogP contribution in [0.5, 0.6) is 0 Å². The van der Waals surface area contributed by atoms with Crippen molar-refractivity contribution < 1.29 is 0 Å². The predicted molar refractivity (Wildman–Crippen MR) is 31.5 cm³/mol. The smallest absolute Gasteiger partial charge is 0.00533 e. The molecule has 0 aromatic heterocycles. The van der Waals surface area contributed by atoms with Crippen molar-refractivity contribution >= 4 is 11.9 Å². The maximum atomic E-state index is 2.90. The molecule has 0 bridgehead atoms. The minimum absolute atomic E-state index is 1.58. The first-order valence-electron chi connectivity index (χ1n) is 1.85. The van der Waals surface area contributed by atoms with Gasteiger partial charge in [-0.3, -0.25) is 4.72 Å². The molecule has 0 aliphatic carbocycles. The van der Waals surface area contributed by atoms with Crippen LogP contribution in [0.3, 0.4) is 0 Å². The van der Waals surface area contributed by atoms with E-state index >= 15 is 0 Å². The van der Waals surface area contributed by atoms with Crippen LogP contribution in [0.1, 0.15) is 6.92 Å². The Morgan fingerprint density at radius 2 is 2.33 bits per heavy atom. The van der Waals surface area contributed by atoms with Gasteiger partial charge < -0.3 is 0 Å². The zero-order valence-electron chi connectivity index (χ0n) is 4.06. The summed E-state index contributed by atoms with van der Waals surface area (Å²) in [6.07, 6.45) is 1.99. The Bertz CT molecular complexity index is 42.8. The molecule has 1 nitrogen and oxygen atoms in total. The van der Waals surface area contributed by atoms with Crippen LogP contribution in [-0.2, 0) is 0 Å². The van der Waals surface area contributed by atoms with Crippen molar-refractivity contribution in [2.75, 3.05) is 7.05 Å². The average Bonchev–Trinajstić information content (AvgIpc) is 1.61. The van der Waals surface area contributed by atoms with E-state index in [0.717, 1.165) is 0 Å². The minimum Gasteiger partial charge on any atom is -0.264 e. The molecule has 0 saturated heterocycles. The highest BCUT2D eigenvalue weighted by atomic mass is 32.2. The average molecular weight is 103 g/mol. The lowest BCUT2D eigenvalue weighted by atomic mass is 10.8. The van der Waals surface area contributed by atoms with Crippen LogP contribution in [0.25, 0.3) is 0 Å². The van der Waals surface area contributed by atoms with Gasteiger partial charge in [-0.2, -0.15) is 0 Å². The lowest BCUT2D eigenvalue weighted by Crippen LogP contribution is -1.85. The molecule has 0 atom stereocenters. The molecule has 0 amide bonds. The number of hydrogen-bond acceptors (Lipinski definition) is 2. The molecule has 0 spiro atoms. The number of nitrogens with one attached hydrogen (secondary N) is 1. The Morgan fingerprint density at radius 3 is 2.50 bits per heavy atom. The molecule has 36 valence electrons. The van der Waals surface area contributed by atoms with Gasteiger partial charge in [0.25, 0.3) is 0 Å². The van der Waals surface area contributed by atoms with Crippen molar-refractivity contribution in [1.29, 1.82) is 0 Å². The van der Waals surface area contributed by atoms with Crippen molar-refractivity contribution in [3.05, 3.63) is 11.5 Å². The van der Waals surface area contributed by atoms with E-state index in [-0.39, 0.29) is 0 Å². The third-order valence-corrected chi connectivity index (χ3v) is 0.966. The molecule has 0 aromatic rings. The highest BCUT2D eigenvalue weighted by Gasteiger charge is 1.61. The normalized spacial score (nSPS) is 10.3. The van der Waals surface area contributed by atoms with Crippen LogP contribution in [0.4, 0.5) is 0 Å². The van der Waals surface area contributed by atoms with Crippen molar-refractivity contribution in [2.24, 2.45) is 0 Å². The van der Waals surface area contributed by atoms with Gasteiger partial charge in [-0.25, -0.2) is 0 Å². The van der Waals surface area contributed by atoms with Gasteiger partial charge in [-0.1, -0.05) is 18.0 Å². The summed E-state index contributed by atoms with van der Waals surface area (Å²) in [6.45, 7) is 1.99. The molecule has 0 heterocycles. The second-order valence-electron chi connectivity index (χ2n) is 0.791. The summed E-state index contributed by atoms with van der Waals surface area (Å²) in [7, 11) is 1.89. The zero-order valence-corrected chi connectivity index (χ0v) is 4.88. The van der Waals surface area contributed by atoms with E-state index in [1.807, 2.05) is 25.5 Å². The summed E-state index contributed by atoms with van der Waals surface area (Å²) in [5.41, 5.74) is 0. The third-order valence-electron chi connectivity index (χ3n) is 0.322. The molecule has 0 aliphatic heterocycles. The topological polar surface area (TPSA) is 12.0 Å². The second kappa shape index (κ2) is 5.05. The van der Waals surface area contributed by atoms with Crippen LogP contribution in [-0.4, -0.2) is 7.05 Å². The highest BCUT2D eigenvalue weighted by Crippen LogP contribution is 1.89. The Labute approximate surface area is 43.0 Å². The number of rotatable bonds is 2. The molecule has 0 aromatic carbocycles. The maximum Gasteiger partial charge on any atom is -0.00533 e. The molecule has 0 saturated carbocycles. The fraction of sp³-hybridized carbons (Fsp3) is 0.500. The molecule has 0 fully saturated rings. The summed E-state index contributed by atoms with van der Waals surface area (Å²) < 4.78 is 2.90. The molecule has 1 N–H and O–H groups in total. The monoisotopic (exact) mass is 103 g/mol. The van der Waals surface area contributed by atoms with Crippen molar-refractivity contribution in [3.8, 4) is 0 Å². The SMILES string of the molecule is C/C=C\SNC. The third kappa shape index (κ3) is 4.05. The van der Waals surface area contributed by atoms with Crippen molar-refractivity contribution in [1.82, 2.24) is 4.72 Å². The number of allylic oxidation sites excluding steroid dienone is 1. The fourth-order valence-electron chi connectivity index (χ4n) is 0.136. The van der Waals surface area contributed by atoms with E-state index in [4.69, 9.17) is 0 Å². The van der Waals surface area contributed by atoms with Gasteiger partial charge in [0, 0.05) is 0 Å². The Kier molecular flexibility index (Phi) is 5.09. The van der Waals surface area contributed by atoms with Crippen LogP contribution in [0.15, 0.2) is 11.5 Å². The molecular weight excluding hydrogens is 94.1 g/mol. The first kappa shape index (κ1) is 6.05. The summed E-state index contributed by atoms with van der Waals surface area (Å²) in [4.78, 5) is 0. The van der Waals surface area contributed by atoms with Crippen molar-refractivity contribution in [3.63, 3.8) is 0 Å². The van der Waals surface area contributed by atoms with E-state index in [1.165, 1.54) is 0 Å². The fourth-order valence-corrected chi connectivity index (χ4v) is 0.408. The highest BCUT2D eigenvalue weighted by molar-refractivity contribution is 8.00. The quantitative estimate of drug-likeness (QED) is 0.530. The summed E-state index contributed by atoms with van der Waals surface area (Å²) >= 11 is 1.58. The minimum atomic E-state index is 1.58. The zero-order chi connectivity index (χ0) is 4.83. The molecule has 2 heteroatoms. The molecule has 0 rings (SSSR count). The first-order chi connectivity index (χ1) is 2.91. The maximum absolute atomic E-state index is 2.90. The molecular formula is C4H9NS. The van der Waals surface area contributed by atoms with Crippen LogP contribution >= 0.6 is 11.9 Å². The van der Waals surface area contributed by atoms with E-state index in [0.29, 0.717) is 0 Å². The van der Waals surface area contributed by atoms with Gasteiger partial charge in [0.05, 0.1) is 0 Å². The van der Waals surface area contributed by atoms with Gasteiger partial charge in [0.1, 0.15) is 0 Å². The van der Waals surface area contributed by atoms with E-state index < -0.39 is 0 Å². The van der Waals surface area contributed by atoms with Crippen LogP contribution in [0.2, 0.25) is 0 Å². The van der Waals surface area contributed by atoms with Gasteiger partial charge in [0.2, 0.25) is 0 Å². The second-order valence-corrected chi connectivity index (χ2v) is 1.71. The molecule has 0 unspecified atom stereocenters. The van der Waals surface area contributed by atoms with Crippen LogP contribution < -0.4 is 4.72 Å². The van der Waals surface area contributed by atoms with Crippen molar-refractivity contribution in [2.45, 2.75) is 6.92 Å². The van der Waals surface area contributed by atoms with Gasteiger partial charge in [-0.05, 0) is 19.4 Å². The Hall–Kier alpha value is 0.0500. The molecule has 0 aliphatic rings. The lowest BCUT2D eigenvalue weighted by molar-refractivity contribution is 1.31. The molecule has 0 radical (unpaired) electrons. The Balaban J connectivity index is 2.66. The van der Waals surface area contributed by atoms with E-state index in [1.54, 1.807) is 11.9 Å². The lowest BCUT2D eigenvalue weighted by Gasteiger charge is -1.80. The van der Waals surface area contributed by atoms with E-state index in [9.17, 15) is 0 Å². The summed E-state index contributed by atoms with van der Waals surface area (Å²) in [5, 5.41) is 1.99. The van der Waals surface area contributed by atoms with Gasteiger partial charge in [0.15, 0.2) is 0 Å². The van der Waals surface area contributed by atoms with Gasteiger partial charge >= 0.3 is 0 Å². The molecule has 6 heavy (non-hydrogen) atoms. The van der Waals surface area contributed by atoms with E-state index in [2.05, 4.69) is 4.72 Å². The van der Waals surface area contributed by atoms with Crippen LogP contribution in [0, 0.1) is 0 Å². The summed E-state index contributed by atoms with van der Waals surface area (Å²) in [5.74, 6) is 0. The standard InChI is InChI=1S/C4H9NS/c1-3-4-6-5-2/h3-5H,1-2H3/b4-3-.